The minimum absolute atomic E-state index is 0.111. The third-order valence-electron chi connectivity index (χ3n) is 2.23. The van der Waals surface area contributed by atoms with Gasteiger partial charge in [-0.25, -0.2) is 0 Å². The van der Waals surface area contributed by atoms with Crippen molar-refractivity contribution in [2.75, 3.05) is 12.8 Å². The maximum absolute atomic E-state index is 10.9. The van der Waals surface area contributed by atoms with Crippen LogP contribution in [0.1, 0.15) is 23.1 Å². The van der Waals surface area contributed by atoms with Crippen LogP contribution in [0.4, 0.5) is 5.69 Å². The Labute approximate surface area is 95.6 Å². The highest BCUT2D eigenvalue weighted by atomic mass is 16.5. The minimum Gasteiger partial charge on any atom is -0.468 e. The Morgan fingerprint density at radius 3 is 2.44 bits per heavy atom. The summed E-state index contributed by atoms with van der Waals surface area (Å²) in [6.07, 6.45) is 0.111. The Morgan fingerprint density at radius 2 is 1.94 bits per heavy atom. The van der Waals surface area contributed by atoms with Crippen molar-refractivity contribution in [1.82, 2.24) is 0 Å². The van der Waals surface area contributed by atoms with E-state index in [1.165, 1.54) is 7.11 Å². The Hall–Kier alpha value is -1.95. The number of methoxy groups -OCH3 is 1. The summed E-state index contributed by atoms with van der Waals surface area (Å²) in [5, 5.41) is 0. The van der Waals surface area contributed by atoms with Crippen LogP contribution in [0.5, 0.6) is 0 Å². The molecule has 0 aliphatic carbocycles. The highest BCUT2D eigenvalue weighted by Gasteiger charge is 2.01. The Balaban J connectivity index is 2.93. The average Bonchev–Trinajstić information content (AvgIpc) is 2.21. The zero-order valence-electron chi connectivity index (χ0n) is 9.76. The van der Waals surface area contributed by atoms with E-state index in [9.17, 15) is 4.79 Å². The highest BCUT2D eigenvalue weighted by molar-refractivity contribution is 5.72. The van der Waals surface area contributed by atoms with Crippen LogP contribution < -0.4 is 5.73 Å². The summed E-state index contributed by atoms with van der Waals surface area (Å²) in [5.41, 5.74) is 9.41. The van der Waals surface area contributed by atoms with Gasteiger partial charge in [0.05, 0.1) is 7.11 Å². The molecule has 0 amide bonds. The largest absolute Gasteiger partial charge is 0.468 e. The second-order valence-corrected chi connectivity index (χ2v) is 3.58. The molecule has 1 aromatic carbocycles. The fourth-order valence-corrected chi connectivity index (χ4v) is 1.47. The van der Waals surface area contributed by atoms with Crippen LogP contribution in [0.3, 0.4) is 0 Å². The van der Waals surface area contributed by atoms with Crippen molar-refractivity contribution in [2.24, 2.45) is 0 Å². The molecule has 0 spiro atoms. The van der Waals surface area contributed by atoms with Gasteiger partial charge in [-0.1, -0.05) is 11.8 Å². The molecule has 0 aliphatic rings. The molecule has 0 aliphatic heterocycles. The standard InChI is InChI=1S/C13H15NO2/c1-9-7-11(14)8-10(2)12(9)5-4-6-13(15)16-3/h7-8H,6,14H2,1-3H3. The molecule has 0 bridgehead atoms. The third kappa shape index (κ3) is 3.03. The van der Waals surface area contributed by atoms with Crippen molar-refractivity contribution in [3.8, 4) is 11.8 Å². The lowest BCUT2D eigenvalue weighted by molar-refractivity contribution is -0.139. The number of nitrogen functional groups attached to an aromatic ring is 1. The first-order chi connectivity index (χ1) is 7.54. The van der Waals surface area contributed by atoms with Crippen LogP contribution in [0, 0.1) is 25.7 Å². The summed E-state index contributed by atoms with van der Waals surface area (Å²) in [5.74, 6) is 5.43. The van der Waals surface area contributed by atoms with Crippen molar-refractivity contribution >= 4 is 11.7 Å². The number of carbonyl (C=O) groups excluding carboxylic acids is 1. The van der Waals surface area contributed by atoms with E-state index in [0.717, 1.165) is 22.4 Å². The number of rotatable bonds is 1. The fraction of sp³-hybridized carbons (Fsp3) is 0.308. The van der Waals surface area contributed by atoms with Gasteiger partial charge in [0.15, 0.2) is 0 Å². The highest BCUT2D eigenvalue weighted by Crippen LogP contribution is 2.16. The van der Waals surface area contributed by atoms with Crippen LogP contribution in [-0.2, 0) is 9.53 Å². The second kappa shape index (κ2) is 5.22. The van der Waals surface area contributed by atoms with E-state index in [1.54, 1.807) is 0 Å². The lowest BCUT2D eigenvalue weighted by Gasteiger charge is -2.04. The summed E-state index contributed by atoms with van der Waals surface area (Å²) in [6.45, 7) is 3.90. The third-order valence-corrected chi connectivity index (χ3v) is 2.23. The van der Waals surface area contributed by atoms with E-state index in [2.05, 4.69) is 16.6 Å². The molecule has 2 N–H and O–H groups in total. The molecule has 1 rings (SSSR count). The maximum Gasteiger partial charge on any atom is 0.317 e. The zero-order valence-corrected chi connectivity index (χ0v) is 9.76. The van der Waals surface area contributed by atoms with Crippen LogP contribution in [0.15, 0.2) is 12.1 Å². The lowest BCUT2D eigenvalue weighted by atomic mass is 10.0. The monoisotopic (exact) mass is 217 g/mol. The summed E-state index contributed by atoms with van der Waals surface area (Å²) in [4.78, 5) is 10.9. The van der Waals surface area contributed by atoms with Gasteiger partial charge in [-0.05, 0) is 37.1 Å². The quantitative estimate of drug-likeness (QED) is 0.443. The molecule has 1 aromatic rings. The van der Waals surface area contributed by atoms with Crippen LogP contribution in [0.25, 0.3) is 0 Å². The number of benzene rings is 1. The predicted molar refractivity (Wildman–Crippen MR) is 63.8 cm³/mol. The zero-order chi connectivity index (χ0) is 12.1. The number of nitrogens with two attached hydrogens (primary N) is 1. The number of aryl methyl sites for hydroxylation is 2. The van der Waals surface area contributed by atoms with Gasteiger partial charge >= 0.3 is 5.97 Å². The molecule has 84 valence electrons. The van der Waals surface area contributed by atoms with Crippen molar-refractivity contribution in [3.05, 3.63) is 28.8 Å². The van der Waals surface area contributed by atoms with E-state index in [4.69, 9.17) is 5.73 Å². The second-order valence-electron chi connectivity index (χ2n) is 3.58. The molecule has 0 saturated carbocycles. The molecule has 0 heterocycles. The van der Waals surface area contributed by atoms with Gasteiger partial charge in [-0.15, -0.1) is 0 Å². The van der Waals surface area contributed by atoms with E-state index >= 15 is 0 Å². The first-order valence-corrected chi connectivity index (χ1v) is 4.97. The summed E-state index contributed by atoms with van der Waals surface area (Å²) in [6, 6.07) is 3.74. The normalized spacial score (nSPS) is 9.19. The molecular formula is C13H15NO2. The summed E-state index contributed by atoms with van der Waals surface area (Å²) >= 11 is 0. The first-order valence-electron chi connectivity index (χ1n) is 4.97. The van der Waals surface area contributed by atoms with Crippen molar-refractivity contribution in [2.45, 2.75) is 20.3 Å². The van der Waals surface area contributed by atoms with Crippen molar-refractivity contribution in [1.29, 1.82) is 0 Å². The van der Waals surface area contributed by atoms with E-state index in [0.29, 0.717) is 0 Å². The van der Waals surface area contributed by atoms with E-state index in [-0.39, 0.29) is 12.4 Å². The van der Waals surface area contributed by atoms with Gasteiger partial charge < -0.3 is 10.5 Å². The molecule has 0 fully saturated rings. The lowest BCUT2D eigenvalue weighted by Crippen LogP contribution is -1.97. The van der Waals surface area contributed by atoms with Crippen molar-refractivity contribution < 1.29 is 9.53 Å². The maximum atomic E-state index is 10.9. The molecular weight excluding hydrogens is 202 g/mol. The van der Waals surface area contributed by atoms with E-state index < -0.39 is 0 Å². The molecule has 0 saturated heterocycles. The van der Waals surface area contributed by atoms with Gasteiger partial charge in [-0.2, -0.15) is 0 Å². The number of hydrogen-bond acceptors (Lipinski definition) is 3. The SMILES string of the molecule is COC(=O)CC#Cc1c(C)cc(N)cc1C. The minimum atomic E-state index is -0.321. The number of hydrogen-bond donors (Lipinski definition) is 1. The van der Waals surface area contributed by atoms with Gasteiger partial charge in [0.2, 0.25) is 0 Å². The molecule has 0 unspecified atom stereocenters. The molecule has 16 heavy (non-hydrogen) atoms. The Morgan fingerprint density at radius 1 is 1.38 bits per heavy atom. The van der Waals surface area contributed by atoms with Gasteiger partial charge in [0.1, 0.15) is 6.42 Å². The van der Waals surface area contributed by atoms with Gasteiger partial charge in [0, 0.05) is 11.3 Å². The van der Waals surface area contributed by atoms with Gasteiger partial charge in [0.25, 0.3) is 0 Å². The summed E-state index contributed by atoms with van der Waals surface area (Å²) < 4.78 is 4.51. The van der Waals surface area contributed by atoms with Crippen LogP contribution in [0.2, 0.25) is 0 Å². The van der Waals surface area contributed by atoms with E-state index in [1.807, 2.05) is 26.0 Å². The molecule has 3 heteroatoms. The van der Waals surface area contributed by atoms with Gasteiger partial charge in [-0.3, -0.25) is 4.79 Å². The van der Waals surface area contributed by atoms with Crippen molar-refractivity contribution in [3.63, 3.8) is 0 Å². The number of anilines is 1. The predicted octanol–water partition coefficient (Wildman–Crippen LogP) is 1.80. The molecule has 0 atom stereocenters. The Bertz CT molecular complexity index is 444. The molecule has 0 radical (unpaired) electrons. The first kappa shape index (κ1) is 12.1. The topological polar surface area (TPSA) is 52.3 Å². The van der Waals surface area contributed by atoms with Crippen LogP contribution >= 0.6 is 0 Å². The number of ether oxygens (including phenoxy) is 1. The van der Waals surface area contributed by atoms with Crippen LogP contribution in [-0.4, -0.2) is 13.1 Å². The average molecular weight is 217 g/mol. The number of carbonyl (C=O) groups is 1. The Kier molecular flexibility index (Phi) is 3.96. The number of esters is 1. The molecule has 0 aromatic heterocycles. The molecule has 3 nitrogen and oxygen atoms in total. The smallest absolute Gasteiger partial charge is 0.317 e. The summed E-state index contributed by atoms with van der Waals surface area (Å²) in [7, 11) is 1.35. The fourth-order valence-electron chi connectivity index (χ4n) is 1.47.